The van der Waals surface area contributed by atoms with Crippen molar-refractivity contribution in [2.75, 3.05) is 6.54 Å². The molecule has 1 heteroatoms. The zero-order valence-corrected chi connectivity index (χ0v) is 12.0. The fraction of sp³-hybridized carbons (Fsp3) is 1.00. The van der Waals surface area contributed by atoms with Crippen LogP contribution in [0.1, 0.15) is 64.7 Å². The summed E-state index contributed by atoms with van der Waals surface area (Å²) in [6.07, 6.45) is 13.7. The molecule has 18 heavy (non-hydrogen) atoms. The zero-order valence-electron chi connectivity index (χ0n) is 12.0. The summed E-state index contributed by atoms with van der Waals surface area (Å²) in [7, 11) is 0. The maximum atomic E-state index is 3.95. The van der Waals surface area contributed by atoms with Crippen LogP contribution in [0.5, 0.6) is 0 Å². The molecule has 4 fully saturated rings. The van der Waals surface area contributed by atoms with Crippen LogP contribution >= 0.6 is 0 Å². The average Bonchev–Trinajstić information content (AvgIpc) is 2.80. The van der Waals surface area contributed by atoms with E-state index in [0.29, 0.717) is 0 Å². The first kappa shape index (κ1) is 11.8. The minimum absolute atomic E-state index is 0.727. The topological polar surface area (TPSA) is 12.0 Å². The lowest BCUT2D eigenvalue weighted by Gasteiger charge is -2.55. The van der Waals surface area contributed by atoms with Gasteiger partial charge in [0.1, 0.15) is 0 Å². The summed E-state index contributed by atoms with van der Waals surface area (Å²) in [5, 5.41) is 3.95. The van der Waals surface area contributed by atoms with Gasteiger partial charge in [-0.1, -0.05) is 26.2 Å². The molecule has 102 valence electrons. The highest BCUT2D eigenvalue weighted by molar-refractivity contribution is 5.04. The third-order valence-corrected chi connectivity index (χ3v) is 7.26. The largest absolute Gasteiger partial charge is 0.313 e. The third-order valence-electron chi connectivity index (χ3n) is 7.26. The third kappa shape index (κ3) is 1.62. The van der Waals surface area contributed by atoms with Crippen molar-refractivity contribution in [3.63, 3.8) is 0 Å². The lowest BCUT2D eigenvalue weighted by Crippen LogP contribution is -2.57. The van der Waals surface area contributed by atoms with Gasteiger partial charge in [-0.3, -0.25) is 0 Å². The fourth-order valence-corrected chi connectivity index (χ4v) is 6.35. The van der Waals surface area contributed by atoms with Crippen LogP contribution in [0, 0.1) is 29.1 Å². The first-order chi connectivity index (χ1) is 8.78. The van der Waals surface area contributed by atoms with Crippen molar-refractivity contribution in [3.05, 3.63) is 0 Å². The van der Waals surface area contributed by atoms with Gasteiger partial charge < -0.3 is 5.32 Å². The van der Waals surface area contributed by atoms with Crippen LogP contribution in [0.3, 0.4) is 0 Å². The molecule has 0 bridgehead atoms. The van der Waals surface area contributed by atoms with Crippen molar-refractivity contribution >= 4 is 0 Å². The number of piperidine rings is 1. The smallest absolute Gasteiger partial charge is 0.00982 e. The summed E-state index contributed by atoms with van der Waals surface area (Å²) in [5.74, 6) is 4.23. The Labute approximate surface area is 112 Å². The molecule has 4 aliphatic rings. The van der Waals surface area contributed by atoms with Crippen molar-refractivity contribution in [2.24, 2.45) is 29.1 Å². The fourth-order valence-electron chi connectivity index (χ4n) is 6.35. The SMILES string of the molecule is C[C@@]12CCC[C@H]1[C@@H]1CNC3CCCC[C@@H]3[C@H]1CC2. The van der Waals surface area contributed by atoms with Gasteiger partial charge in [0, 0.05) is 6.04 Å². The Morgan fingerprint density at radius 1 is 0.833 bits per heavy atom. The molecular weight excluding hydrogens is 218 g/mol. The van der Waals surface area contributed by atoms with Crippen LogP contribution < -0.4 is 5.32 Å². The summed E-state index contributed by atoms with van der Waals surface area (Å²) < 4.78 is 0. The van der Waals surface area contributed by atoms with Crippen molar-refractivity contribution < 1.29 is 0 Å². The number of hydrogen-bond acceptors (Lipinski definition) is 1. The molecule has 0 aromatic carbocycles. The Balaban J connectivity index is 1.59. The first-order valence-corrected chi connectivity index (χ1v) is 8.51. The van der Waals surface area contributed by atoms with Gasteiger partial charge in [-0.2, -0.15) is 0 Å². The van der Waals surface area contributed by atoms with E-state index in [0.717, 1.165) is 35.1 Å². The van der Waals surface area contributed by atoms with E-state index in [2.05, 4.69) is 12.2 Å². The highest BCUT2D eigenvalue weighted by Gasteiger charge is 2.52. The Morgan fingerprint density at radius 3 is 2.67 bits per heavy atom. The van der Waals surface area contributed by atoms with Crippen molar-refractivity contribution in [1.82, 2.24) is 5.32 Å². The highest BCUT2D eigenvalue weighted by Crippen LogP contribution is 2.59. The molecule has 0 amide bonds. The van der Waals surface area contributed by atoms with Crippen LogP contribution in [-0.4, -0.2) is 12.6 Å². The molecule has 6 atom stereocenters. The maximum absolute atomic E-state index is 3.95. The van der Waals surface area contributed by atoms with Crippen LogP contribution in [-0.2, 0) is 0 Å². The second kappa shape index (κ2) is 4.23. The molecule has 0 radical (unpaired) electrons. The van der Waals surface area contributed by atoms with Gasteiger partial charge in [0.05, 0.1) is 0 Å². The molecule has 3 aliphatic carbocycles. The molecule has 0 aromatic rings. The Morgan fingerprint density at radius 2 is 1.72 bits per heavy atom. The molecule has 4 rings (SSSR count). The minimum Gasteiger partial charge on any atom is -0.313 e. The maximum Gasteiger partial charge on any atom is 0.00982 e. The van der Waals surface area contributed by atoms with E-state index < -0.39 is 0 Å². The van der Waals surface area contributed by atoms with Crippen LogP contribution in [0.4, 0.5) is 0 Å². The van der Waals surface area contributed by atoms with E-state index in [1.165, 1.54) is 51.5 Å². The van der Waals surface area contributed by atoms with Gasteiger partial charge >= 0.3 is 0 Å². The van der Waals surface area contributed by atoms with E-state index in [1.807, 2.05) is 0 Å². The monoisotopic (exact) mass is 247 g/mol. The normalized spacial score (nSPS) is 55.5. The number of nitrogens with one attached hydrogen (secondary N) is 1. The summed E-state index contributed by atoms with van der Waals surface area (Å²) >= 11 is 0. The van der Waals surface area contributed by atoms with Crippen molar-refractivity contribution in [2.45, 2.75) is 70.8 Å². The van der Waals surface area contributed by atoms with Gasteiger partial charge in [0.15, 0.2) is 0 Å². The van der Waals surface area contributed by atoms with Gasteiger partial charge in [0.25, 0.3) is 0 Å². The second-order valence-corrected chi connectivity index (χ2v) is 7.98. The average molecular weight is 247 g/mol. The first-order valence-electron chi connectivity index (χ1n) is 8.51. The van der Waals surface area contributed by atoms with Crippen LogP contribution in [0.25, 0.3) is 0 Å². The predicted molar refractivity (Wildman–Crippen MR) is 75.4 cm³/mol. The van der Waals surface area contributed by atoms with Gasteiger partial charge in [-0.25, -0.2) is 0 Å². The van der Waals surface area contributed by atoms with Gasteiger partial charge in [-0.05, 0) is 74.2 Å². The summed E-state index contributed by atoms with van der Waals surface area (Å²) in [5.41, 5.74) is 0.727. The molecule has 1 saturated heterocycles. The molecule has 1 heterocycles. The molecule has 1 aliphatic heterocycles. The second-order valence-electron chi connectivity index (χ2n) is 7.98. The van der Waals surface area contributed by atoms with E-state index in [1.54, 1.807) is 12.8 Å². The Bertz CT molecular complexity index is 326. The summed E-state index contributed by atoms with van der Waals surface area (Å²) in [4.78, 5) is 0. The lowest BCUT2D eigenvalue weighted by atomic mass is 9.54. The standard InChI is InChI=1S/C17H29N/c1-17-9-4-6-15(17)14-11-18-16-7-3-2-5-13(16)12(14)8-10-17/h12-16,18H,2-11H2,1H3/t12-,13-,14-,15+,16?,17+/m1/s1. The Hall–Kier alpha value is -0.0400. The van der Waals surface area contributed by atoms with Crippen LogP contribution in [0.2, 0.25) is 0 Å². The highest BCUT2D eigenvalue weighted by atomic mass is 15.0. The quantitative estimate of drug-likeness (QED) is 0.682. The summed E-state index contributed by atoms with van der Waals surface area (Å²) in [6.45, 7) is 3.96. The molecule has 0 spiro atoms. The Kier molecular flexibility index (Phi) is 2.76. The molecule has 1 N–H and O–H groups in total. The van der Waals surface area contributed by atoms with E-state index in [9.17, 15) is 0 Å². The predicted octanol–water partition coefficient (Wildman–Crippen LogP) is 3.98. The minimum atomic E-state index is 0.727. The number of hydrogen-bond donors (Lipinski definition) is 1. The molecule has 3 saturated carbocycles. The van der Waals surface area contributed by atoms with E-state index in [4.69, 9.17) is 0 Å². The molecule has 1 unspecified atom stereocenters. The summed E-state index contributed by atoms with van der Waals surface area (Å²) in [6, 6.07) is 0.894. The van der Waals surface area contributed by atoms with Gasteiger partial charge in [0.2, 0.25) is 0 Å². The molecule has 1 nitrogen and oxygen atoms in total. The van der Waals surface area contributed by atoms with E-state index in [-0.39, 0.29) is 0 Å². The molecular formula is C17H29N. The number of rotatable bonds is 0. The van der Waals surface area contributed by atoms with E-state index >= 15 is 0 Å². The van der Waals surface area contributed by atoms with Crippen LogP contribution in [0.15, 0.2) is 0 Å². The zero-order chi connectivity index (χ0) is 12.2. The lowest BCUT2D eigenvalue weighted by molar-refractivity contribution is -0.0318. The van der Waals surface area contributed by atoms with Crippen molar-refractivity contribution in [3.8, 4) is 0 Å². The van der Waals surface area contributed by atoms with Crippen molar-refractivity contribution in [1.29, 1.82) is 0 Å². The number of fused-ring (bicyclic) bond motifs is 5. The molecule has 0 aromatic heterocycles. The van der Waals surface area contributed by atoms with Gasteiger partial charge in [-0.15, -0.1) is 0 Å².